The van der Waals surface area contributed by atoms with Gasteiger partial charge in [0.25, 0.3) is 0 Å². The molecule has 1 aliphatic rings. The Bertz CT molecular complexity index is 461. The van der Waals surface area contributed by atoms with Gasteiger partial charge in [-0.05, 0) is 31.4 Å². The van der Waals surface area contributed by atoms with E-state index in [-0.39, 0.29) is 17.5 Å². The summed E-state index contributed by atoms with van der Waals surface area (Å²) >= 11 is 5.97. The number of ether oxygens (including phenoxy) is 1. The number of esters is 1. The molecule has 0 bridgehead atoms. The van der Waals surface area contributed by atoms with E-state index >= 15 is 0 Å². The first kappa shape index (κ1) is 13.3. The van der Waals surface area contributed by atoms with Gasteiger partial charge in [-0.1, -0.05) is 32.4 Å². The van der Waals surface area contributed by atoms with Crippen molar-refractivity contribution in [2.45, 2.75) is 51.6 Å². The highest BCUT2D eigenvalue weighted by atomic mass is 35.5. The molecule has 0 spiro atoms. The van der Waals surface area contributed by atoms with Crippen molar-refractivity contribution < 1.29 is 9.53 Å². The molecule has 0 N–H and O–H groups in total. The molecule has 0 atom stereocenters. The number of rotatable bonds is 2. The normalized spacial score (nSPS) is 16.2. The fraction of sp³-hybridized carbons (Fsp3) is 0.571. The smallest absolute Gasteiger partial charge is 0.338 e. The van der Waals surface area contributed by atoms with Crippen LogP contribution < -0.4 is 0 Å². The predicted octanol–water partition coefficient (Wildman–Crippen LogP) is 3.74. The highest BCUT2D eigenvalue weighted by molar-refractivity contribution is 6.29. The number of pyridine rings is 1. The van der Waals surface area contributed by atoms with E-state index in [1.54, 1.807) is 12.1 Å². The lowest BCUT2D eigenvalue weighted by Gasteiger charge is -2.25. The van der Waals surface area contributed by atoms with Gasteiger partial charge in [0.15, 0.2) is 0 Å². The summed E-state index contributed by atoms with van der Waals surface area (Å²) in [6, 6.07) is 3.34. The average molecular weight is 268 g/mol. The van der Waals surface area contributed by atoms with E-state index in [2.05, 4.69) is 4.98 Å². The first-order valence-corrected chi connectivity index (χ1v) is 6.63. The molecule has 1 saturated carbocycles. The van der Waals surface area contributed by atoms with E-state index in [0.717, 1.165) is 25.0 Å². The number of aromatic nitrogens is 1. The van der Waals surface area contributed by atoms with Crippen LogP contribution in [0.5, 0.6) is 0 Å². The summed E-state index contributed by atoms with van der Waals surface area (Å²) < 4.78 is 5.37. The average Bonchev–Trinajstić information content (AvgIpc) is 2.21. The highest BCUT2D eigenvalue weighted by Gasteiger charge is 2.24. The van der Waals surface area contributed by atoms with Gasteiger partial charge in [-0.15, -0.1) is 0 Å². The number of halogens is 1. The third-order valence-electron chi connectivity index (χ3n) is 3.12. The van der Waals surface area contributed by atoms with Crippen molar-refractivity contribution >= 4 is 17.6 Å². The van der Waals surface area contributed by atoms with Gasteiger partial charge in [-0.2, -0.15) is 0 Å². The molecule has 0 aromatic carbocycles. The lowest BCUT2D eigenvalue weighted by Crippen LogP contribution is -2.25. The third-order valence-corrected chi connectivity index (χ3v) is 3.32. The zero-order valence-electron chi connectivity index (χ0n) is 11.0. The first-order chi connectivity index (χ1) is 8.36. The van der Waals surface area contributed by atoms with Crippen LogP contribution in [-0.2, 0) is 10.2 Å². The molecule has 4 heteroatoms. The molecule has 1 aromatic rings. The fourth-order valence-electron chi connectivity index (χ4n) is 1.71. The Kier molecular flexibility index (Phi) is 3.62. The Morgan fingerprint density at radius 1 is 1.39 bits per heavy atom. The van der Waals surface area contributed by atoms with Crippen LogP contribution in [-0.4, -0.2) is 17.1 Å². The van der Waals surface area contributed by atoms with Gasteiger partial charge >= 0.3 is 5.97 Å². The second-order valence-electron chi connectivity index (χ2n) is 5.77. The molecule has 1 heterocycles. The van der Waals surface area contributed by atoms with Gasteiger partial charge in [-0.25, -0.2) is 9.78 Å². The van der Waals surface area contributed by atoms with Crippen LogP contribution in [0.2, 0.25) is 5.15 Å². The van der Waals surface area contributed by atoms with E-state index < -0.39 is 0 Å². The van der Waals surface area contributed by atoms with Crippen LogP contribution in [0.1, 0.15) is 56.1 Å². The monoisotopic (exact) mass is 267 g/mol. The van der Waals surface area contributed by atoms with Crippen LogP contribution in [0.4, 0.5) is 0 Å². The minimum atomic E-state index is -0.297. The second kappa shape index (κ2) is 4.88. The second-order valence-corrected chi connectivity index (χ2v) is 6.16. The molecule has 1 fully saturated rings. The molecule has 0 radical (unpaired) electrons. The van der Waals surface area contributed by atoms with E-state index in [4.69, 9.17) is 16.3 Å². The summed E-state index contributed by atoms with van der Waals surface area (Å²) in [6.45, 7) is 6.10. The van der Waals surface area contributed by atoms with Crippen molar-refractivity contribution in [2.24, 2.45) is 0 Å². The van der Waals surface area contributed by atoms with Crippen molar-refractivity contribution in [1.29, 1.82) is 0 Å². The summed E-state index contributed by atoms with van der Waals surface area (Å²) in [4.78, 5) is 16.2. The topological polar surface area (TPSA) is 39.2 Å². The van der Waals surface area contributed by atoms with Crippen molar-refractivity contribution in [2.75, 3.05) is 0 Å². The van der Waals surface area contributed by atoms with E-state index in [1.807, 2.05) is 20.8 Å². The Balaban J connectivity index is 2.21. The van der Waals surface area contributed by atoms with Gasteiger partial charge in [0.05, 0.1) is 5.56 Å². The zero-order valence-corrected chi connectivity index (χ0v) is 11.8. The molecule has 1 aliphatic carbocycles. The van der Waals surface area contributed by atoms with Crippen LogP contribution in [0.3, 0.4) is 0 Å². The summed E-state index contributed by atoms with van der Waals surface area (Å²) in [7, 11) is 0. The zero-order chi connectivity index (χ0) is 13.3. The number of hydrogen-bond donors (Lipinski definition) is 0. The van der Waals surface area contributed by atoms with Crippen molar-refractivity contribution in [3.63, 3.8) is 0 Å². The van der Waals surface area contributed by atoms with E-state index in [0.29, 0.717) is 10.7 Å². The maximum Gasteiger partial charge on any atom is 0.338 e. The van der Waals surface area contributed by atoms with Crippen LogP contribution in [0.25, 0.3) is 0 Å². The molecule has 2 rings (SSSR count). The summed E-state index contributed by atoms with van der Waals surface area (Å²) in [5, 5.41) is 0.336. The molecule has 18 heavy (non-hydrogen) atoms. The quantitative estimate of drug-likeness (QED) is 0.605. The molecular formula is C14H18ClNO2. The highest BCUT2D eigenvalue weighted by Crippen LogP contribution is 2.26. The van der Waals surface area contributed by atoms with E-state index in [9.17, 15) is 4.79 Å². The fourth-order valence-corrected chi connectivity index (χ4v) is 1.92. The molecule has 3 nitrogen and oxygen atoms in total. The number of carbonyl (C=O) groups is 1. The standard InChI is InChI=1S/C14H18ClNO2/c1-14(2,3)11-7-9(8-12(15)16-11)13(17)18-10-5-4-6-10/h7-8,10H,4-6H2,1-3H3. The summed E-state index contributed by atoms with van der Waals surface area (Å²) in [5.74, 6) is -0.297. The Hall–Kier alpha value is -1.09. The Labute approximate surface area is 113 Å². The van der Waals surface area contributed by atoms with Crippen molar-refractivity contribution in [3.05, 3.63) is 28.5 Å². The van der Waals surface area contributed by atoms with Gasteiger partial charge in [0.1, 0.15) is 11.3 Å². The van der Waals surface area contributed by atoms with Crippen molar-refractivity contribution in [3.8, 4) is 0 Å². The predicted molar refractivity (Wildman–Crippen MR) is 71.0 cm³/mol. The van der Waals surface area contributed by atoms with Crippen LogP contribution in [0, 0.1) is 0 Å². The van der Waals surface area contributed by atoms with E-state index in [1.165, 1.54) is 0 Å². The maximum absolute atomic E-state index is 12.0. The molecule has 0 saturated heterocycles. The molecule has 98 valence electrons. The van der Waals surface area contributed by atoms with Gasteiger partial charge in [0, 0.05) is 11.1 Å². The molecule has 0 aliphatic heterocycles. The molecular weight excluding hydrogens is 250 g/mol. The SMILES string of the molecule is CC(C)(C)c1cc(C(=O)OC2CCC2)cc(Cl)n1. The van der Waals surface area contributed by atoms with Gasteiger partial charge in [-0.3, -0.25) is 0 Å². The molecule has 0 amide bonds. The largest absolute Gasteiger partial charge is 0.459 e. The van der Waals surface area contributed by atoms with Gasteiger partial charge in [0.2, 0.25) is 0 Å². The molecule has 0 unspecified atom stereocenters. The Morgan fingerprint density at radius 2 is 2.06 bits per heavy atom. The van der Waals surface area contributed by atoms with Crippen molar-refractivity contribution in [1.82, 2.24) is 4.98 Å². The summed E-state index contributed by atoms with van der Waals surface area (Å²) in [5.41, 5.74) is 1.15. The number of carbonyl (C=O) groups excluding carboxylic acids is 1. The lowest BCUT2D eigenvalue weighted by atomic mass is 9.91. The maximum atomic E-state index is 12.0. The number of hydrogen-bond acceptors (Lipinski definition) is 3. The van der Waals surface area contributed by atoms with Crippen LogP contribution >= 0.6 is 11.6 Å². The number of nitrogens with zero attached hydrogens (tertiary/aromatic N) is 1. The third kappa shape index (κ3) is 3.02. The molecule has 1 aromatic heterocycles. The Morgan fingerprint density at radius 3 is 2.56 bits per heavy atom. The van der Waals surface area contributed by atoms with Crippen LogP contribution in [0.15, 0.2) is 12.1 Å². The minimum absolute atomic E-state index is 0.0857. The summed E-state index contributed by atoms with van der Waals surface area (Å²) in [6.07, 6.45) is 3.16. The van der Waals surface area contributed by atoms with Gasteiger partial charge < -0.3 is 4.74 Å². The lowest BCUT2D eigenvalue weighted by molar-refractivity contribution is 0.00898. The minimum Gasteiger partial charge on any atom is -0.459 e. The first-order valence-electron chi connectivity index (χ1n) is 6.25.